The fourth-order valence-corrected chi connectivity index (χ4v) is 6.05. The van der Waals surface area contributed by atoms with Crippen molar-refractivity contribution in [2.24, 2.45) is 0 Å². The highest BCUT2D eigenvalue weighted by atomic mass is 32.2. The number of rotatable bonds is 11. The summed E-state index contributed by atoms with van der Waals surface area (Å²) in [6.45, 7) is 4.00. The zero-order chi connectivity index (χ0) is 28.7. The minimum absolute atomic E-state index is 0.0500. The van der Waals surface area contributed by atoms with Crippen molar-refractivity contribution in [3.63, 3.8) is 0 Å². The molecule has 7 nitrogen and oxygen atoms in total. The largest absolute Gasteiger partial charge is 0.497 e. The number of nitrogens with one attached hydrogen (secondary N) is 1. The minimum atomic E-state index is -4.05. The molecule has 4 rings (SSSR count). The van der Waals surface area contributed by atoms with Crippen LogP contribution in [0.3, 0.4) is 0 Å². The molecule has 0 radical (unpaired) electrons. The van der Waals surface area contributed by atoms with Gasteiger partial charge in [0.25, 0.3) is 15.9 Å². The molecule has 4 aromatic carbocycles. The predicted molar refractivity (Wildman–Crippen MR) is 157 cm³/mol. The smallest absolute Gasteiger partial charge is 0.264 e. The van der Waals surface area contributed by atoms with Crippen LogP contribution >= 0.6 is 0 Å². The van der Waals surface area contributed by atoms with E-state index in [9.17, 15) is 13.2 Å². The van der Waals surface area contributed by atoms with E-state index in [1.807, 2.05) is 62.4 Å². The van der Waals surface area contributed by atoms with Crippen LogP contribution in [0.1, 0.15) is 46.4 Å². The summed E-state index contributed by atoms with van der Waals surface area (Å²) in [7, 11) is -0.900. The molecule has 0 fully saturated rings. The maximum atomic E-state index is 14.1. The fourth-order valence-electron chi connectivity index (χ4n) is 4.58. The second-order valence-electron chi connectivity index (χ2n) is 9.35. The monoisotopic (exact) mass is 558 g/mol. The van der Waals surface area contributed by atoms with Crippen molar-refractivity contribution in [2.75, 3.05) is 18.5 Å². The van der Waals surface area contributed by atoms with Gasteiger partial charge in [0.05, 0.1) is 43.0 Å². The van der Waals surface area contributed by atoms with Gasteiger partial charge in [-0.15, -0.1) is 0 Å². The molecule has 0 aliphatic carbocycles. The zero-order valence-electron chi connectivity index (χ0n) is 23.1. The number of nitrogens with zero attached hydrogens (tertiary/aromatic N) is 1. The summed E-state index contributed by atoms with van der Waals surface area (Å²) in [5.41, 5.74) is 3.25. The maximum Gasteiger partial charge on any atom is 0.264 e. The van der Waals surface area contributed by atoms with E-state index in [0.29, 0.717) is 17.9 Å². The number of anilines is 1. The molecule has 0 spiro atoms. The maximum absolute atomic E-state index is 14.1. The van der Waals surface area contributed by atoms with Crippen LogP contribution in [0.4, 0.5) is 5.69 Å². The summed E-state index contributed by atoms with van der Waals surface area (Å²) in [4.78, 5) is 13.8. The number of carbonyl (C=O) groups is 1. The van der Waals surface area contributed by atoms with Gasteiger partial charge < -0.3 is 14.8 Å². The van der Waals surface area contributed by atoms with Crippen molar-refractivity contribution in [1.82, 2.24) is 5.32 Å². The molecule has 0 aromatic heterocycles. The highest BCUT2D eigenvalue weighted by molar-refractivity contribution is 7.92. The molecule has 0 aliphatic heterocycles. The lowest BCUT2D eigenvalue weighted by molar-refractivity contribution is 0.0936. The molecular formula is C32H34N2O5S. The van der Waals surface area contributed by atoms with E-state index in [4.69, 9.17) is 9.47 Å². The average molecular weight is 559 g/mol. The first kappa shape index (κ1) is 28.7. The number of ether oxygens (including phenoxy) is 2. The van der Waals surface area contributed by atoms with Crippen LogP contribution in [0.2, 0.25) is 0 Å². The quantitative estimate of drug-likeness (QED) is 0.234. The lowest BCUT2D eigenvalue weighted by Crippen LogP contribution is -2.34. The van der Waals surface area contributed by atoms with Crippen molar-refractivity contribution in [3.8, 4) is 11.5 Å². The van der Waals surface area contributed by atoms with Crippen LogP contribution in [0.15, 0.2) is 102 Å². The SMILES string of the molecule is CCC(NC(=O)c1ccccc1N(Cc1ccccc1)S(=O)(=O)c1ccc(OC)cc1)c1ccc(OC)c(C)c1. The highest BCUT2D eigenvalue weighted by Crippen LogP contribution is 2.31. The Kier molecular flexibility index (Phi) is 9.11. The van der Waals surface area contributed by atoms with Crippen molar-refractivity contribution in [2.45, 2.75) is 37.8 Å². The van der Waals surface area contributed by atoms with Gasteiger partial charge >= 0.3 is 0 Å². The Balaban J connectivity index is 1.74. The van der Waals surface area contributed by atoms with Gasteiger partial charge in [0.2, 0.25) is 0 Å². The topological polar surface area (TPSA) is 84.9 Å². The van der Waals surface area contributed by atoms with Crippen LogP contribution < -0.4 is 19.1 Å². The van der Waals surface area contributed by atoms with E-state index in [2.05, 4.69) is 5.32 Å². The van der Waals surface area contributed by atoms with Crippen LogP contribution in [0, 0.1) is 6.92 Å². The third-order valence-electron chi connectivity index (χ3n) is 6.77. The standard InChI is InChI=1S/C32H34N2O5S/c1-5-29(25-15-20-31(39-4)23(2)21-25)33-32(35)28-13-9-10-14-30(28)34(22-24-11-7-6-8-12-24)40(36,37)27-18-16-26(38-3)17-19-27/h6-21,29H,5,22H2,1-4H3,(H,33,35). The molecule has 0 saturated carbocycles. The molecule has 4 aromatic rings. The van der Waals surface area contributed by atoms with Crippen molar-refractivity contribution in [1.29, 1.82) is 0 Å². The van der Waals surface area contributed by atoms with Crippen molar-refractivity contribution < 1.29 is 22.7 Å². The lowest BCUT2D eigenvalue weighted by Gasteiger charge is -2.27. The normalized spacial score (nSPS) is 11.9. The number of aryl methyl sites for hydroxylation is 1. The molecule has 1 unspecified atom stereocenters. The highest BCUT2D eigenvalue weighted by Gasteiger charge is 2.29. The van der Waals surface area contributed by atoms with E-state index in [0.717, 1.165) is 22.4 Å². The van der Waals surface area contributed by atoms with Gasteiger partial charge in [-0.25, -0.2) is 8.42 Å². The molecule has 0 bridgehead atoms. The Labute approximate surface area is 236 Å². The van der Waals surface area contributed by atoms with Gasteiger partial charge in [-0.1, -0.05) is 61.5 Å². The number of sulfonamides is 1. The number of methoxy groups -OCH3 is 2. The number of amides is 1. The van der Waals surface area contributed by atoms with E-state index in [1.165, 1.54) is 23.5 Å². The summed E-state index contributed by atoms with van der Waals surface area (Å²) in [6.07, 6.45) is 0.650. The van der Waals surface area contributed by atoms with Gasteiger partial charge in [-0.05, 0) is 72.5 Å². The molecule has 208 valence electrons. The Bertz CT molecular complexity index is 1550. The Morgan fingerprint density at radius 3 is 2.17 bits per heavy atom. The third kappa shape index (κ3) is 6.29. The first-order chi connectivity index (χ1) is 19.3. The van der Waals surface area contributed by atoms with Crippen LogP contribution in [-0.4, -0.2) is 28.5 Å². The molecule has 1 amide bonds. The lowest BCUT2D eigenvalue weighted by atomic mass is 10.0. The Morgan fingerprint density at radius 1 is 0.875 bits per heavy atom. The minimum Gasteiger partial charge on any atom is -0.497 e. The molecular weight excluding hydrogens is 524 g/mol. The van der Waals surface area contributed by atoms with Crippen molar-refractivity contribution in [3.05, 3.63) is 119 Å². The summed E-state index contributed by atoms with van der Waals surface area (Å²) in [6, 6.07) is 27.9. The second-order valence-corrected chi connectivity index (χ2v) is 11.2. The van der Waals surface area contributed by atoms with E-state index < -0.39 is 10.0 Å². The van der Waals surface area contributed by atoms with Gasteiger partial charge in [-0.3, -0.25) is 9.10 Å². The number of benzene rings is 4. The first-order valence-corrected chi connectivity index (χ1v) is 14.5. The summed E-state index contributed by atoms with van der Waals surface area (Å²) in [5, 5.41) is 3.11. The van der Waals surface area contributed by atoms with Gasteiger partial charge in [-0.2, -0.15) is 0 Å². The Morgan fingerprint density at radius 2 is 1.55 bits per heavy atom. The van der Waals surface area contributed by atoms with E-state index in [1.54, 1.807) is 43.5 Å². The number of carbonyl (C=O) groups excluding carboxylic acids is 1. The van der Waals surface area contributed by atoms with E-state index >= 15 is 0 Å². The fraction of sp³-hybridized carbons (Fsp3) is 0.219. The first-order valence-electron chi connectivity index (χ1n) is 13.0. The summed E-state index contributed by atoms with van der Waals surface area (Å²) >= 11 is 0. The number of hydrogen-bond acceptors (Lipinski definition) is 5. The molecule has 0 saturated heterocycles. The van der Waals surface area contributed by atoms with Gasteiger partial charge in [0.15, 0.2) is 0 Å². The molecule has 0 aliphatic rings. The predicted octanol–water partition coefficient (Wildman–Crippen LogP) is 6.29. The summed E-state index contributed by atoms with van der Waals surface area (Å²) < 4.78 is 40.0. The zero-order valence-corrected chi connectivity index (χ0v) is 23.9. The molecule has 1 N–H and O–H groups in total. The van der Waals surface area contributed by atoms with E-state index in [-0.39, 0.29) is 29.0 Å². The molecule has 1 atom stereocenters. The van der Waals surface area contributed by atoms with Crippen molar-refractivity contribution >= 4 is 21.6 Å². The van der Waals surface area contributed by atoms with Crippen LogP contribution in [0.5, 0.6) is 11.5 Å². The molecule has 0 heterocycles. The van der Waals surface area contributed by atoms with Crippen LogP contribution in [0.25, 0.3) is 0 Å². The molecule has 40 heavy (non-hydrogen) atoms. The second kappa shape index (κ2) is 12.7. The number of hydrogen-bond donors (Lipinski definition) is 1. The Hall–Kier alpha value is -4.30. The third-order valence-corrected chi connectivity index (χ3v) is 8.54. The number of para-hydroxylation sites is 1. The average Bonchev–Trinajstić information content (AvgIpc) is 2.99. The summed E-state index contributed by atoms with van der Waals surface area (Å²) in [5.74, 6) is 0.960. The van der Waals surface area contributed by atoms with Crippen LogP contribution in [-0.2, 0) is 16.6 Å². The van der Waals surface area contributed by atoms with Gasteiger partial charge in [0, 0.05) is 0 Å². The molecule has 8 heteroatoms. The van der Waals surface area contributed by atoms with Gasteiger partial charge in [0.1, 0.15) is 11.5 Å².